The van der Waals surface area contributed by atoms with E-state index in [0.29, 0.717) is 42.9 Å². The Morgan fingerprint density at radius 3 is 2.48 bits per heavy atom. The van der Waals surface area contributed by atoms with Gasteiger partial charge in [0.2, 0.25) is 23.4 Å². The Kier molecular flexibility index (Phi) is 7.80. The van der Waals surface area contributed by atoms with Crippen LogP contribution in [0.5, 0.6) is 0 Å². The van der Waals surface area contributed by atoms with Crippen LogP contribution < -0.4 is 0 Å². The maximum absolute atomic E-state index is 11.9. The van der Waals surface area contributed by atoms with E-state index in [4.69, 9.17) is 13.8 Å². The summed E-state index contributed by atoms with van der Waals surface area (Å²) in [6, 6.07) is 7.40. The van der Waals surface area contributed by atoms with Gasteiger partial charge in [0.25, 0.3) is 0 Å². The van der Waals surface area contributed by atoms with E-state index in [1.165, 1.54) is 6.08 Å². The SMILES string of the molecule is C=CC(=O)CCCCCOC(=O)CCc1nc(-c2cccc(-c3noc(C)n3)c2)no1. The number of carbonyl (C=O) groups excluding carboxylic acids is 2. The second-order valence-electron chi connectivity index (χ2n) is 6.93. The molecule has 0 saturated heterocycles. The summed E-state index contributed by atoms with van der Waals surface area (Å²) < 4.78 is 15.5. The molecule has 0 saturated carbocycles. The lowest BCUT2D eigenvalue weighted by atomic mass is 10.1. The third-order valence-electron chi connectivity index (χ3n) is 4.48. The molecule has 0 aliphatic rings. The summed E-state index contributed by atoms with van der Waals surface area (Å²) >= 11 is 0. The van der Waals surface area contributed by atoms with Crippen LogP contribution in [0.25, 0.3) is 22.8 Å². The van der Waals surface area contributed by atoms with E-state index in [9.17, 15) is 9.59 Å². The number of rotatable bonds is 12. The molecular formula is C22H24N4O5. The Hall–Kier alpha value is -3.62. The normalized spacial score (nSPS) is 10.7. The third-order valence-corrected chi connectivity index (χ3v) is 4.48. The highest BCUT2D eigenvalue weighted by molar-refractivity contribution is 5.88. The third kappa shape index (κ3) is 6.70. The lowest BCUT2D eigenvalue weighted by molar-refractivity contribution is -0.143. The summed E-state index contributed by atoms with van der Waals surface area (Å²) in [7, 11) is 0. The van der Waals surface area contributed by atoms with E-state index in [1.807, 2.05) is 24.3 Å². The number of aryl methyl sites for hydroxylation is 2. The van der Waals surface area contributed by atoms with Gasteiger partial charge in [-0.1, -0.05) is 35.1 Å². The molecule has 0 spiro atoms. The zero-order valence-corrected chi connectivity index (χ0v) is 17.4. The molecule has 9 nitrogen and oxygen atoms in total. The maximum atomic E-state index is 11.9. The van der Waals surface area contributed by atoms with Crippen molar-refractivity contribution in [2.75, 3.05) is 6.61 Å². The number of aromatic nitrogens is 4. The number of ether oxygens (including phenoxy) is 1. The molecular weight excluding hydrogens is 400 g/mol. The van der Waals surface area contributed by atoms with Crippen LogP contribution in [0.3, 0.4) is 0 Å². The van der Waals surface area contributed by atoms with E-state index in [2.05, 4.69) is 26.9 Å². The minimum Gasteiger partial charge on any atom is -0.466 e. The monoisotopic (exact) mass is 424 g/mol. The largest absolute Gasteiger partial charge is 0.466 e. The van der Waals surface area contributed by atoms with Crippen molar-refractivity contribution >= 4 is 11.8 Å². The van der Waals surface area contributed by atoms with Crippen LogP contribution in [0.4, 0.5) is 0 Å². The predicted octanol–water partition coefficient (Wildman–Crippen LogP) is 3.89. The number of ketones is 1. The quantitative estimate of drug-likeness (QED) is 0.242. The van der Waals surface area contributed by atoms with E-state index in [0.717, 1.165) is 30.4 Å². The zero-order valence-electron chi connectivity index (χ0n) is 17.4. The van der Waals surface area contributed by atoms with Crippen molar-refractivity contribution in [1.29, 1.82) is 0 Å². The van der Waals surface area contributed by atoms with E-state index in [-0.39, 0.29) is 18.2 Å². The number of unbranched alkanes of at least 4 members (excludes halogenated alkanes) is 2. The number of esters is 1. The van der Waals surface area contributed by atoms with Gasteiger partial charge in [-0.15, -0.1) is 0 Å². The first-order chi connectivity index (χ1) is 15.0. The van der Waals surface area contributed by atoms with E-state index in [1.54, 1.807) is 6.92 Å². The van der Waals surface area contributed by atoms with Crippen molar-refractivity contribution in [3.8, 4) is 22.8 Å². The Morgan fingerprint density at radius 2 is 1.77 bits per heavy atom. The van der Waals surface area contributed by atoms with Crippen molar-refractivity contribution in [2.45, 2.75) is 45.4 Å². The number of carbonyl (C=O) groups is 2. The predicted molar refractivity (Wildman–Crippen MR) is 111 cm³/mol. The molecule has 0 atom stereocenters. The lowest BCUT2D eigenvalue weighted by Crippen LogP contribution is -2.07. The van der Waals surface area contributed by atoms with Crippen LogP contribution in [0.1, 0.15) is 43.9 Å². The fourth-order valence-electron chi connectivity index (χ4n) is 2.83. The molecule has 3 rings (SSSR count). The molecule has 2 heterocycles. The lowest BCUT2D eigenvalue weighted by Gasteiger charge is -2.03. The average Bonchev–Trinajstić information content (AvgIpc) is 3.44. The van der Waals surface area contributed by atoms with Gasteiger partial charge in [0, 0.05) is 30.9 Å². The second-order valence-corrected chi connectivity index (χ2v) is 6.93. The van der Waals surface area contributed by atoms with Gasteiger partial charge >= 0.3 is 5.97 Å². The highest BCUT2D eigenvalue weighted by Crippen LogP contribution is 2.23. The average molecular weight is 424 g/mol. The summed E-state index contributed by atoms with van der Waals surface area (Å²) in [6.45, 7) is 5.49. The van der Waals surface area contributed by atoms with Crippen LogP contribution >= 0.6 is 0 Å². The van der Waals surface area contributed by atoms with Crippen molar-refractivity contribution in [1.82, 2.24) is 20.3 Å². The molecule has 0 unspecified atom stereocenters. The number of hydrogen-bond donors (Lipinski definition) is 0. The van der Waals surface area contributed by atoms with Crippen molar-refractivity contribution < 1.29 is 23.4 Å². The van der Waals surface area contributed by atoms with Crippen LogP contribution in [0, 0.1) is 6.92 Å². The van der Waals surface area contributed by atoms with Gasteiger partial charge in [0.05, 0.1) is 13.0 Å². The highest BCUT2D eigenvalue weighted by atomic mass is 16.5. The Balaban J connectivity index is 1.43. The molecule has 0 amide bonds. The van der Waals surface area contributed by atoms with Crippen LogP contribution in [-0.2, 0) is 20.7 Å². The molecule has 1 aromatic carbocycles. The minimum absolute atomic E-state index is 0.0348. The minimum atomic E-state index is -0.323. The first kappa shape index (κ1) is 22.1. The summed E-state index contributed by atoms with van der Waals surface area (Å²) in [6.07, 6.45) is 4.56. The first-order valence-corrected chi connectivity index (χ1v) is 10.1. The standard InChI is InChI=1S/C22H24N4O5/c1-3-18(27)10-5-4-6-13-29-20(28)12-11-19-24-22(26-31-19)17-9-7-8-16(14-17)21-23-15(2)30-25-21/h3,7-9,14H,1,4-6,10-13H2,2H3. The summed E-state index contributed by atoms with van der Waals surface area (Å²) in [5.41, 5.74) is 1.52. The van der Waals surface area contributed by atoms with Crippen molar-refractivity contribution in [3.05, 3.63) is 48.7 Å². The molecule has 9 heteroatoms. The molecule has 0 fully saturated rings. The fraction of sp³-hybridized carbons (Fsp3) is 0.364. The van der Waals surface area contributed by atoms with Gasteiger partial charge in [0.1, 0.15) is 0 Å². The molecule has 0 radical (unpaired) electrons. The number of nitrogens with zero attached hydrogens (tertiary/aromatic N) is 4. The Labute approximate surface area is 179 Å². The maximum Gasteiger partial charge on any atom is 0.306 e. The smallest absolute Gasteiger partial charge is 0.306 e. The first-order valence-electron chi connectivity index (χ1n) is 10.1. The van der Waals surface area contributed by atoms with Gasteiger partial charge < -0.3 is 13.8 Å². The van der Waals surface area contributed by atoms with Gasteiger partial charge in [-0.3, -0.25) is 9.59 Å². The summed E-state index contributed by atoms with van der Waals surface area (Å²) in [5.74, 6) is 1.45. The zero-order chi connectivity index (χ0) is 22.1. The number of hydrogen-bond acceptors (Lipinski definition) is 9. The number of benzene rings is 1. The van der Waals surface area contributed by atoms with Gasteiger partial charge in [-0.2, -0.15) is 9.97 Å². The molecule has 3 aromatic rings. The van der Waals surface area contributed by atoms with Crippen LogP contribution in [-0.4, -0.2) is 38.6 Å². The van der Waals surface area contributed by atoms with Gasteiger partial charge in [-0.25, -0.2) is 0 Å². The second kappa shape index (κ2) is 11.0. The van der Waals surface area contributed by atoms with Crippen molar-refractivity contribution in [2.24, 2.45) is 0 Å². The molecule has 0 bridgehead atoms. The van der Waals surface area contributed by atoms with Crippen molar-refractivity contribution in [3.63, 3.8) is 0 Å². The van der Waals surface area contributed by atoms with Gasteiger partial charge in [0.15, 0.2) is 5.78 Å². The fourth-order valence-corrected chi connectivity index (χ4v) is 2.83. The Bertz CT molecular complexity index is 1040. The van der Waals surface area contributed by atoms with E-state index < -0.39 is 0 Å². The summed E-state index contributed by atoms with van der Waals surface area (Å²) in [4.78, 5) is 31.6. The molecule has 0 aliphatic heterocycles. The van der Waals surface area contributed by atoms with E-state index >= 15 is 0 Å². The molecule has 0 N–H and O–H groups in total. The van der Waals surface area contributed by atoms with Gasteiger partial charge in [-0.05, 0) is 31.4 Å². The van der Waals surface area contributed by atoms with Crippen LogP contribution in [0.15, 0.2) is 46.0 Å². The Morgan fingerprint density at radius 1 is 1.03 bits per heavy atom. The molecule has 162 valence electrons. The molecule has 0 aliphatic carbocycles. The highest BCUT2D eigenvalue weighted by Gasteiger charge is 2.13. The number of allylic oxidation sites excluding steroid dienone is 1. The van der Waals surface area contributed by atoms with Crippen LogP contribution in [0.2, 0.25) is 0 Å². The topological polar surface area (TPSA) is 121 Å². The molecule has 2 aromatic heterocycles. The summed E-state index contributed by atoms with van der Waals surface area (Å²) in [5, 5.41) is 7.89. The molecule has 31 heavy (non-hydrogen) atoms.